The maximum atomic E-state index is 11.9. The summed E-state index contributed by atoms with van der Waals surface area (Å²) < 4.78 is 0. The predicted octanol–water partition coefficient (Wildman–Crippen LogP) is 1.83. The first kappa shape index (κ1) is 15.2. The molecule has 0 saturated carbocycles. The van der Waals surface area contributed by atoms with Gasteiger partial charge in [0.05, 0.1) is 12.1 Å². The first-order valence-electron chi connectivity index (χ1n) is 5.95. The Morgan fingerprint density at radius 2 is 1.88 bits per heavy atom. The highest BCUT2D eigenvalue weighted by Crippen LogP contribution is 2.06. The maximum Gasteiger partial charge on any atom is 0.317 e. The highest BCUT2D eigenvalue weighted by molar-refractivity contribution is 5.74. The molecule has 0 aliphatic rings. The largest absolute Gasteiger partial charge is 0.389 e. The summed E-state index contributed by atoms with van der Waals surface area (Å²) in [4.78, 5) is 13.5. The molecule has 0 bridgehead atoms. The third-order valence-corrected chi connectivity index (χ3v) is 2.60. The van der Waals surface area contributed by atoms with Gasteiger partial charge in [-0.25, -0.2) is 4.79 Å². The average molecular weight is 230 g/mol. The van der Waals surface area contributed by atoms with Crippen molar-refractivity contribution < 1.29 is 9.90 Å². The summed E-state index contributed by atoms with van der Waals surface area (Å²) in [6.07, 6.45) is 0. The van der Waals surface area contributed by atoms with Crippen molar-refractivity contribution >= 4 is 6.03 Å². The molecule has 0 aromatic rings. The first-order valence-corrected chi connectivity index (χ1v) is 5.95. The summed E-state index contributed by atoms with van der Waals surface area (Å²) in [7, 11) is 0. The van der Waals surface area contributed by atoms with Gasteiger partial charge >= 0.3 is 6.03 Å². The smallest absolute Gasteiger partial charge is 0.317 e. The maximum absolute atomic E-state index is 11.9. The zero-order valence-corrected chi connectivity index (χ0v) is 11.4. The van der Waals surface area contributed by atoms with Crippen molar-refractivity contribution in [2.75, 3.05) is 13.1 Å². The van der Waals surface area contributed by atoms with Crippen LogP contribution in [-0.4, -0.2) is 40.8 Å². The Hall–Kier alpha value is -0.770. The fraction of sp³-hybridized carbons (Fsp3) is 0.917. The van der Waals surface area contributed by atoms with Gasteiger partial charge in [-0.15, -0.1) is 0 Å². The van der Waals surface area contributed by atoms with Gasteiger partial charge in [-0.3, -0.25) is 0 Å². The van der Waals surface area contributed by atoms with Crippen molar-refractivity contribution in [3.63, 3.8) is 0 Å². The van der Waals surface area contributed by atoms with E-state index in [0.29, 0.717) is 19.0 Å². The number of likely N-dealkylation sites (N-methyl/N-ethyl adjacent to an activating group) is 1. The molecule has 0 spiro atoms. The highest BCUT2D eigenvalue weighted by Gasteiger charge is 2.22. The molecule has 1 unspecified atom stereocenters. The van der Waals surface area contributed by atoms with Gasteiger partial charge in [0.15, 0.2) is 0 Å². The molecule has 16 heavy (non-hydrogen) atoms. The monoisotopic (exact) mass is 230 g/mol. The molecule has 0 aliphatic carbocycles. The van der Waals surface area contributed by atoms with Crippen LogP contribution >= 0.6 is 0 Å². The lowest BCUT2D eigenvalue weighted by molar-refractivity contribution is 0.0474. The molecule has 0 rings (SSSR count). The lowest BCUT2D eigenvalue weighted by Crippen LogP contribution is -2.49. The molecule has 0 fully saturated rings. The topological polar surface area (TPSA) is 52.6 Å². The number of nitrogens with zero attached hydrogens (tertiary/aromatic N) is 1. The zero-order chi connectivity index (χ0) is 12.9. The van der Waals surface area contributed by atoms with Crippen molar-refractivity contribution in [1.82, 2.24) is 10.2 Å². The molecule has 0 radical (unpaired) electrons. The number of carbonyl (C=O) groups excluding carboxylic acids is 1. The van der Waals surface area contributed by atoms with Gasteiger partial charge in [0.2, 0.25) is 0 Å². The lowest BCUT2D eigenvalue weighted by Gasteiger charge is -2.30. The number of nitrogens with one attached hydrogen (secondary N) is 1. The molecular formula is C12H26N2O2. The van der Waals surface area contributed by atoms with E-state index in [1.54, 1.807) is 18.7 Å². The summed E-state index contributed by atoms with van der Waals surface area (Å²) in [5, 5.41) is 12.6. The van der Waals surface area contributed by atoms with Crippen LogP contribution in [0.4, 0.5) is 4.79 Å². The Morgan fingerprint density at radius 3 is 2.19 bits per heavy atom. The Kier molecular flexibility index (Phi) is 5.79. The van der Waals surface area contributed by atoms with E-state index in [2.05, 4.69) is 19.2 Å². The second-order valence-corrected chi connectivity index (χ2v) is 5.31. The molecule has 0 aromatic heterocycles. The molecule has 0 heterocycles. The number of amides is 2. The second-order valence-electron chi connectivity index (χ2n) is 5.31. The predicted molar refractivity (Wildman–Crippen MR) is 66.4 cm³/mol. The molecule has 4 nitrogen and oxygen atoms in total. The SMILES string of the molecule is CCN(CC(C)(C)O)C(=O)NC(C)C(C)C. The normalized spacial score (nSPS) is 13.8. The quantitative estimate of drug-likeness (QED) is 0.757. The van der Waals surface area contributed by atoms with Crippen LogP contribution in [0.25, 0.3) is 0 Å². The molecule has 0 aromatic carbocycles. The summed E-state index contributed by atoms with van der Waals surface area (Å²) >= 11 is 0. The van der Waals surface area contributed by atoms with E-state index in [1.165, 1.54) is 0 Å². The van der Waals surface area contributed by atoms with Gasteiger partial charge in [0.1, 0.15) is 0 Å². The molecule has 1 atom stereocenters. The van der Waals surface area contributed by atoms with Gasteiger partial charge in [-0.1, -0.05) is 13.8 Å². The molecular weight excluding hydrogens is 204 g/mol. The molecule has 0 saturated heterocycles. The van der Waals surface area contributed by atoms with Gasteiger partial charge in [0, 0.05) is 12.6 Å². The fourth-order valence-electron chi connectivity index (χ4n) is 1.25. The van der Waals surface area contributed by atoms with Crippen LogP contribution in [0, 0.1) is 5.92 Å². The Bertz CT molecular complexity index is 222. The molecule has 4 heteroatoms. The van der Waals surface area contributed by atoms with Gasteiger partial charge in [-0.05, 0) is 33.6 Å². The molecule has 96 valence electrons. The van der Waals surface area contributed by atoms with Crippen LogP contribution < -0.4 is 5.32 Å². The van der Waals surface area contributed by atoms with E-state index in [4.69, 9.17) is 0 Å². The number of aliphatic hydroxyl groups is 1. The second kappa shape index (κ2) is 6.09. The standard InChI is InChI=1S/C12H26N2O2/c1-7-14(8-12(5,6)16)11(15)13-10(4)9(2)3/h9-10,16H,7-8H2,1-6H3,(H,13,15). The van der Waals surface area contributed by atoms with Gasteiger partial charge in [-0.2, -0.15) is 0 Å². The molecule has 2 N–H and O–H groups in total. The lowest BCUT2D eigenvalue weighted by atomic mass is 10.1. The summed E-state index contributed by atoms with van der Waals surface area (Å²) in [5.41, 5.74) is -0.853. The first-order chi connectivity index (χ1) is 7.17. The van der Waals surface area contributed by atoms with Crippen molar-refractivity contribution in [2.24, 2.45) is 5.92 Å². The molecule has 2 amide bonds. The minimum atomic E-state index is -0.853. The summed E-state index contributed by atoms with van der Waals surface area (Å²) in [6.45, 7) is 12.4. The summed E-state index contributed by atoms with van der Waals surface area (Å²) in [5.74, 6) is 0.407. The zero-order valence-electron chi connectivity index (χ0n) is 11.4. The number of carbonyl (C=O) groups is 1. The third kappa shape index (κ3) is 5.95. The molecule has 0 aliphatic heterocycles. The fourth-order valence-corrected chi connectivity index (χ4v) is 1.25. The Labute approximate surface area is 99.0 Å². The number of urea groups is 1. The minimum absolute atomic E-state index is 0.106. The Balaban J connectivity index is 4.32. The third-order valence-electron chi connectivity index (χ3n) is 2.60. The van der Waals surface area contributed by atoms with Crippen LogP contribution in [0.3, 0.4) is 0 Å². The van der Waals surface area contributed by atoms with Crippen LogP contribution in [0.5, 0.6) is 0 Å². The van der Waals surface area contributed by atoms with E-state index < -0.39 is 5.60 Å². The van der Waals surface area contributed by atoms with Gasteiger partial charge < -0.3 is 15.3 Å². The van der Waals surface area contributed by atoms with E-state index >= 15 is 0 Å². The van der Waals surface area contributed by atoms with Crippen molar-refractivity contribution in [2.45, 2.75) is 53.2 Å². The minimum Gasteiger partial charge on any atom is -0.389 e. The number of hydrogen-bond acceptors (Lipinski definition) is 2. The summed E-state index contributed by atoms with van der Waals surface area (Å²) in [6, 6.07) is 0.0363. The number of rotatable bonds is 5. The van der Waals surface area contributed by atoms with Crippen LogP contribution in [0.2, 0.25) is 0 Å². The van der Waals surface area contributed by atoms with Crippen LogP contribution in [-0.2, 0) is 0 Å². The number of hydrogen-bond donors (Lipinski definition) is 2. The van der Waals surface area contributed by atoms with Crippen molar-refractivity contribution in [3.05, 3.63) is 0 Å². The Morgan fingerprint density at radius 1 is 1.38 bits per heavy atom. The van der Waals surface area contributed by atoms with E-state index in [1.807, 2.05) is 13.8 Å². The van der Waals surface area contributed by atoms with Crippen LogP contribution in [0.1, 0.15) is 41.5 Å². The van der Waals surface area contributed by atoms with Crippen LogP contribution in [0.15, 0.2) is 0 Å². The van der Waals surface area contributed by atoms with Gasteiger partial charge in [0.25, 0.3) is 0 Å². The van der Waals surface area contributed by atoms with Crippen molar-refractivity contribution in [3.8, 4) is 0 Å². The van der Waals surface area contributed by atoms with Crippen molar-refractivity contribution in [1.29, 1.82) is 0 Å². The van der Waals surface area contributed by atoms with E-state index in [-0.39, 0.29) is 12.1 Å². The highest BCUT2D eigenvalue weighted by atomic mass is 16.3. The van der Waals surface area contributed by atoms with E-state index in [9.17, 15) is 9.90 Å². The average Bonchev–Trinajstić information content (AvgIpc) is 2.12. The van der Waals surface area contributed by atoms with E-state index in [0.717, 1.165) is 0 Å².